The Bertz CT molecular complexity index is 454. The van der Waals surface area contributed by atoms with Gasteiger partial charge >= 0.3 is 0 Å². The van der Waals surface area contributed by atoms with Crippen molar-refractivity contribution in [2.75, 3.05) is 11.9 Å². The van der Waals surface area contributed by atoms with E-state index in [4.69, 9.17) is 15.4 Å². The van der Waals surface area contributed by atoms with E-state index in [0.717, 1.165) is 5.57 Å². The zero-order valence-corrected chi connectivity index (χ0v) is 8.47. The van der Waals surface area contributed by atoms with Gasteiger partial charge in [-0.15, -0.1) is 0 Å². The first-order valence-electron chi connectivity index (χ1n) is 4.78. The first-order chi connectivity index (χ1) is 7.83. The Morgan fingerprint density at radius 3 is 3.00 bits per heavy atom. The maximum atomic E-state index is 8.60. The first kappa shape index (κ1) is 10.3. The second kappa shape index (κ2) is 4.55. The molecule has 2 rings (SSSR count). The lowest BCUT2D eigenvalue weighted by molar-refractivity contribution is 0.436. The van der Waals surface area contributed by atoms with Crippen LogP contribution in [0.25, 0.3) is 0 Å². The van der Waals surface area contributed by atoms with Gasteiger partial charge in [0.05, 0.1) is 12.2 Å². The predicted molar refractivity (Wildman–Crippen MR) is 59.2 cm³/mol. The van der Waals surface area contributed by atoms with Gasteiger partial charge in [-0.3, -0.25) is 0 Å². The van der Waals surface area contributed by atoms with Gasteiger partial charge in [-0.05, 0) is 12.1 Å². The summed E-state index contributed by atoms with van der Waals surface area (Å²) in [6.45, 7) is 0.670. The molecule has 0 bridgehead atoms. The van der Waals surface area contributed by atoms with E-state index in [2.05, 4.69) is 10.3 Å². The average molecular weight is 214 g/mol. The lowest BCUT2D eigenvalue weighted by Crippen LogP contribution is -1.99. The molecule has 2 N–H and O–H groups in total. The summed E-state index contributed by atoms with van der Waals surface area (Å²) in [6, 6.07) is 5.39. The average Bonchev–Trinajstić information content (AvgIpc) is 3.15. The molecular weight excluding hydrogens is 204 g/mol. The van der Waals surface area contributed by atoms with Crippen molar-refractivity contribution in [2.24, 2.45) is 0 Å². The molecule has 80 valence electrons. The summed E-state index contributed by atoms with van der Waals surface area (Å²) in [5.41, 5.74) is 1.30. The van der Waals surface area contributed by atoms with Crippen molar-refractivity contribution >= 4 is 12.0 Å². The Balaban J connectivity index is 2.03. The number of nitrogens with one attached hydrogen (secondary N) is 2. The molecule has 1 aromatic heterocycles. The number of anilines is 1. The van der Waals surface area contributed by atoms with E-state index < -0.39 is 0 Å². The zero-order chi connectivity index (χ0) is 11.4. The predicted octanol–water partition coefficient (Wildman–Crippen LogP) is 1.30. The number of ether oxygens (including phenoxy) is 1. The van der Waals surface area contributed by atoms with Crippen LogP contribution < -0.4 is 5.32 Å². The molecule has 0 radical (unpaired) electrons. The van der Waals surface area contributed by atoms with E-state index in [0.29, 0.717) is 18.0 Å². The van der Waals surface area contributed by atoms with Gasteiger partial charge in [-0.2, -0.15) is 5.26 Å². The van der Waals surface area contributed by atoms with Crippen LogP contribution in [-0.4, -0.2) is 23.9 Å². The molecule has 0 spiro atoms. The number of epoxide rings is 1. The molecule has 0 aromatic carbocycles. The van der Waals surface area contributed by atoms with E-state index in [1.807, 2.05) is 6.07 Å². The minimum absolute atomic E-state index is 0.0448. The molecule has 5 nitrogen and oxygen atoms in total. The van der Waals surface area contributed by atoms with Gasteiger partial charge in [0.25, 0.3) is 0 Å². The molecule has 0 saturated carbocycles. The lowest BCUT2D eigenvalue weighted by Gasteiger charge is -2.00. The van der Waals surface area contributed by atoms with Crippen LogP contribution in [0, 0.1) is 16.7 Å². The summed E-state index contributed by atoms with van der Waals surface area (Å²) >= 11 is 0. The fraction of sp³-hybridized carbons (Fsp3) is 0.182. The molecule has 0 aliphatic carbocycles. The Morgan fingerprint density at radius 2 is 2.50 bits per heavy atom. The van der Waals surface area contributed by atoms with Crippen LogP contribution in [0.4, 0.5) is 5.82 Å². The van der Waals surface area contributed by atoms with E-state index >= 15 is 0 Å². The fourth-order valence-corrected chi connectivity index (χ4v) is 1.17. The molecule has 1 unspecified atom stereocenters. The summed E-state index contributed by atoms with van der Waals surface area (Å²) in [6.07, 6.45) is 4.49. The molecule has 1 aliphatic heterocycles. The van der Waals surface area contributed by atoms with E-state index in [1.165, 1.54) is 12.4 Å². The SMILES string of the molecule is N#Cc1ccc(N/C=C(\C=N)C2CO2)nc1. The van der Waals surface area contributed by atoms with Crippen molar-refractivity contribution in [3.05, 3.63) is 35.7 Å². The number of rotatable bonds is 4. The molecule has 1 fully saturated rings. The Hall–Kier alpha value is -2.19. The van der Waals surface area contributed by atoms with Crippen molar-refractivity contribution < 1.29 is 4.74 Å². The summed E-state index contributed by atoms with van der Waals surface area (Å²) in [5.74, 6) is 0.638. The van der Waals surface area contributed by atoms with Crippen molar-refractivity contribution in [1.82, 2.24) is 4.98 Å². The van der Waals surface area contributed by atoms with E-state index in [9.17, 15) is 0 Å². The Morgan fingerprint density at radius 1 is 1.69 bits per heavy atom. The molecule has 0 amide bonds. The van der Waals surface area contributed by atoms with Gasteiger partial charge < -0.3 is 15.5 Å². The quantitative estimate of drug-likeness (QED) is 0.584. The zero-order valence-electron chi connectivity index (χ0n) is 8.47. The molecule has 1 atom stereocenters. The highest BCUT2D eigenvalue weighted by Gasteiger charge is 2.25. The number of aromatic nitrogens is 1. The molecular formula is C11H10N4O. The van der Waals surface area contributed by atoms with Crippen LogP contribution in [0.2, 0.25) is 0 Å². The van der Waals surface area contributed by atoms with E-state index in [1.54, 1.807) is 18.3 Å². The van der Waals surface area contributed by atoms with Crippen LogP contribution in [0.5, 0.6) is 0 Å². The number of nitriles is 1. The maximum absolute atomic E-state index is 8.60. The van der Waals surface area contributed by atoms with Gasteiger partial charge in [0, 0.05) is 24.2 Å². The molecule has 5 heteroatoms. The summed E-state index contributed by atoms with van der Waals surface area (Å²) in [5, 5.41) is 18.7. The minimum atomic E-state index is 0.0448. The maximum Gasteiger partial charge on any atom is 0.129 e. The highest BCUT2D eigenvalue weighted by Crippen LogP contribution is 2.17. The minimum Gasteiger partial charge on any atom is -0.368 e. The van der Waals surface area contributed by atoms with Crippen LogP contribution in [0.15, 0.2) is 30.1 Å². The standard InChI is InChI=1S/C11H10N4O/c12-3-8-1-2-11(14-5-8)15-6-9(4-13)10-7-16-10/h1-2,4-6,10,13H,7H2,(H,14,15)/b9-6+,13-4?. The number of hydrogen-bond acceptors (Lipinski definition) is 5. The number of pyridine rings is 1. The topological polar surface area (TPSA) is 85.1 Å². The Kier molecular flexibility index (Phi) is 2.94. The van der Waals surface area contributed by atoms with E-state index in [-0.39, 0.29) is 6.10 Å². The summed E-state index contributed by atoms with van der Waals surface area (Å²) in [4.78, 5) is 4.04. The van der Waals surface area contributed by atoms with Gasteiger partial charge in [0.15, 0.2) is 0 Å². The van der Waals surface area contributed by atoms with Crippen molar-refractivity contribution in [3.63, 3.8) is 0 Å². The second-order valence-electron chi connectivity index (χ2n) is 3.30. The summed E-state index contributed by atoms with van der Waals surface area (Å²) < 4.78 is 5.06. The number of nitrogens with zero attached hydrogens (tertiary/aromatic N) is 2. The van der Waals surface area contributed by atoms with Gasteiger partial charge in [0.2, 0.25) is 0 Å². The fourth-order valence-electron chi connectivity index (χ4n) is 1.17. The first-order valence-corrected chi connectivity index (χ1v) is 4.78. The molecule has 16 heavy (non-hydrogen) atoms. The van der Waals surface area contributed by atoms with Crippen molar-refractivity contribution in [2.45, 2.75) is 6.10 Å². The molecule has 2 heterocycles. The van der Waals surface area contributed by atoms with Crippen LogP contribution >= 0.6 is 0 Å². The normalized spacial score (nSPS) is 18.7. The van der Waals surface area contributed by atoms with Gasteiger partial charge in [-0.25, -0.2) is 4.98 Å². The van der Waals surface area contributed by atoms with Gasteiger partial charge in [-0.1, -0.05) is 0 Å². The smallest absolute Gasteiger partial charge is 0.129 e. The monoisotopic (exact) mass is 214 g/mol. The highest BCUT2D eigenvalue weighted by molar-refractivity contribution is 5.78. The highest BCUT2D eigenvalue weighted by atomic mass is 16.6. The van der Waals surface area contributed by atoms with Crippen LogP contribution in [0.1, 0.15) is 5.56 Å². The number of hydrogen-bond donors (Lipinski definition) is 2. The third kappa shape index (κ3) is 2.43. The third-order valence-corrected chi connectivity index (χ3v) is 2.15. The van der Waals surface area contributed by atoms with Gasteiger partial charge in [0.1, 0.15) is 18.0 Å². The molecule has 1 aromatic rings. The van der Waals surface area contributed by atoms with Crippen molar-refractivity contribution in [1.29, 1.82) is 10.7 Å². The Labute approximate surface area is 92.9 Å². The largest absolute Gasteiger partial charge is 0.368 e. The van der Waals surface area contributed by atoms with Crippen LogP contribution in [-0.2, 0) is 4.74 Å². The summed E-state index contributed by atoms with van der Waals surface area (Å²) in [7, 11) is 0. The van der Waals surface area contributed by atoms with Crippen molar-refractivity contribution in [3.8, 4) is 6.07 Å². The molecule has 1 saturated heterocycles. The lowest BCUT2D eigenvalue weighted by atomic mass is 10.2. The van der Waals surface area contributed by atoms with Crippen LogP contribution in [0.3, 0.4) is 0 Å². The second-order valence-corrected chi connectivity index (χ2v) is 3.30. The molecule has 1 aliphatic rings. The third-order valence-electron chi connectivity index (χ3n) is 2.15.